The third-order valence-electron chi connectivity index (χ3n) is 3.98. The standard InChI is InChI=1S/C18H16O3/c19-17(10-12-4-2-1-3-5-12)14-8-6-13(7-9-14)15-11-16(15)18(20)21/h1-9,15-16H,10-11H2,(H,20,21)/t15-,16+/m0/s1. The van der Waals surface area contributed by atoms with Gasteiger partial charge in [0.05, 0.1) is 5.92 Å². The van der Waals surface area contributed by atoms with Gasteiger partial charge < -0.3 is 5.11 Å². The highest BCUT2D eigenvalue weighted by Crippen LogP contribution is 2.47. The molecular weight excluding hydrogens is 264 g/mol. The smallest absolute Gasteiger partial charge is 0.307 e. The van der Waals surface area contributed by atoms with Gasteiger partial charge in [0.2, 0.25) is 0 Å². The van der Waals surface area contributed by atoms with Gasteiger partial charge in [-0.05, 0) is 23.5 Å². The molecule has 0 aliphatic heterocycles. The first kappa shape index (κ1) is 13.6. The molecule has 0 unspecified atom stereocenters. The Labute approximate surface area is 123 Å². The lowest BCUT2D eigenvalue weighted by atomic mass is 10.0. The van der Waals surface area contributed by atoms with E-state index in [-0.39, 0.29) is 17.6 Å². The maximum atomic E-state index is 12.2. The predicted octanol–water partition coefficient (Wildman–Crippen LogP) is 3.30. The fourth-order valence-electron chi connectivity index (χ4n) is 2.64. The van der Waals surface area contributed by atoms with Crippen LogP contribution in [0, 0.1) is 5.92 Å². The van der Waals surface area contributed by atoms with Gasteiger partial charge in [-0.3, -0.25) is 9.59 Å². The number of ketones is 1. The van der Waals surface area contributed by atoms with E-state index in [1.807, 2.05) is 42.5 Å². The molecule has 0 radical (unpaired) electrons. The number of benzene rings is 2. The minimum atomic E-state index is -0.732. The number of carbonyl (C=O) groups excluding carboxylic acids is 1. The molecule has 1 aliphatic rings. The lowest BCUT2D eigenvalue weighted by Crippen LogP contribution is -2.03. The summed E-state index contributed by atoms with van der Waals surface area (Å²) in [4.78, 5) is 23.1. The van der Waals surface area contributed by atoms with E-state index >= 15 is 0 Å². The van der Waals surface area contributed by atoms with Crippen LogP contribution in [-0.4, -0.2) is 16.9 Å². The summed E-state index contributed by atoms with van der Waals surface area (Å²) < 4.78 is 0. The van der Waals surface area contributed by atoms with E-state index in [0.717, 1.165) is 11.1 Å². The van der Waals surface area contributed by atoms with Crippen LogP contribution in [0.5, 0.6) is 0 Å². The fourth-order valence-corrected chi connectivity index (χ4v) is 2.64. The zero-order valence-corrected chi connectivity index (χ0v) is 11.5. The van der Waals surface area contributed by atoms with Crippen LogP contribution in [0.2, 0.25) is 0 Å². The molecule has 0 spiro atoms. The van der Waals surface area contributed by atoms with Crippen LogP contribution in [-0.2, 0) is 11.2 Å². The van der Waals surface area contributed by atoms with Crippen LogP contribution < -0.4 is 0 Å². The first-order chi connectivity index (χ1) is 10.1. The Hall–Kier alpha value is -2.42. The van der Waals surface area contributed by atoms with E-state index in [0.29, 0.717) is 18.4 Å². The Kier molecular flexibility index (Phi) is 3.57. The summed E-state index contributed by atoms with van der Waals surface area (Å²) in [6, 6.07) is 17.0. The van der Waals surface area contributed by atoms with E-state index < -0.39 is 5.97 Å². The van der Waals surface area contributed by atoms with Crippen LogP contribution in [0.3, 0.4) is 0 Å². The molecule has 1 saturated carbocycles. The third kappa shape index (κ3) is 3.02. The summed E-state index contributed by atoms with van der Waals surface area (Å²) >= 11 is 0. The molecule has 3 nitrogen and oxygen atoms in total. The quantitative estimate of drug-likeness (QED) is 0.855. The van der Waals surface area contributed by atoms with Crippen molar-refractivity contribution in [1.82, 2.24) is 0 Å². The topological polar surface area (TPSA) is 54.4 Å². The number of carbonyl (C=O) groups is 2. The van der Waals surface area contributed by atoms with Gasteiger partial charge in [0, 0.05) is 12.0 Å². The Morgan fingerprint density at radius 1 is 1.00 bits per heavy atom. The van der Waals surface area contributed by atoms with Crippen LogP contribution in [0.15, 0.2) is 54.6 Å². The van der Waals surface area contributed by atoms with Gasteiger partial charge in [0.15, 0.2) is 5.78 Å². The highest BCUT2D eigenvalue weighted by molar-refractivity contribution is 5.97. The molecule has 2 aromatic carbocycles. The summed E-state index contributed by atoms with van der Waals surface area (Å²) in [5.41, 5.74) is 2.69. The van der Waals surface area contributed by atoms with Crippen molar-refractivity contribution in [3.8, 4) is 0 Å². The average Bonchev–Trinajstić information content (AvgIpc) is 3.29. The average molecular weight is 280 g/mol. The Morgan fingerprint density at radius 3 is 2.24 bits per heavy atom. The zero-order chi connectivity index (χ0) is 14.8. The van der Waals surface area contributed by atoms with Gasteiger partial charge in [-0.2, -0.15) is 0 Å². The first-order valence-corrected chi connectivity index (χ1v) is 7.05. The molecule has 0 bridgehead atoms. The van der Waals surface area contributed by atoms with Crippen molar-refractivity contribution < 1.29 is 14.7 Å². The third-order valence-corrected chi connectivity index (χ3v) is 3.98. The normalized spacial score (nSPS) is 20.0. The Balaban J connectivity index is 1.67. The highest BCUT2D eigenvalue weighted by Gasteiger charge is 2.44. The van der Waals surface area contributed by atoms with E-state index in [2.05, 4.69) is 0 Å². The summed E-state index contributed by atoms with van der Waals surface area (Å²) in [5.74, 6) is -0.792. The number of hydrogen-bond acceptors (Lipinski definition) is 2. The summed E-state index contributed by atoms with van der Waals surface area (Å²) in [5, 5.41) is 8.94. The second-order valence-electron chi connectivity index (χ2n) is 5.49. The van der Waals surface area contributed by atoms with Crippen molar-refractivity contribution in [2.45, 2.75) is 18.8 Å². The van der Waals surface area contributed by atoms with Gasteiger partial charge in [0.1, 0.15) is 0 Å². The minimum Gasteiger partial charge on any atom is -0.481 e. The summed E-state index contributed by atoms with van der Waals surface area (Å²) in [7, 11) is 0. The molecule has 2 atom stereocenters. The molecule has 1 N–H and O–H groups in total. The van der Waals surface area contributed by atoms with Crippen molar-refractivity contribution in [3.63, 3.8) is 0 Å². The zero-order valence-electron chi connectivity index (χ0n) is 11.5. The molecule has 1 fully saturated rings. The van der Waals surface area contributed by atoms with E-state index in [4.69, 9.17) is 5.11 Å². The number of aliphatic carboxylic acids is 1. The molecule has 106 valence electrons. The van der Waals surface area contributed by atoms with Gasteiger partial charge in [0.25, 0.3) is 0 Å². The molecule has 0 aromatic heterocycles. The van der Waals surface area contributed by atoms with Crippen molar-refractivity contribution in [2.75, 3.05) is 0 Å². The second-order valence-corrected chi connectivity index (χ2v) is 5.49. The van der Waals surface area contributed by atoms with Crippen molar-refractivity contribution in [3.05, 3.63) is 71.3 Å². The number of carboxylic acid groups (broad SMARTS) is 1. The Morgan fingerprint density at radius 2 is 1.67 bits per heavy atom. The Bertz CT molecular complexity index is 659. The molecule has 3 heteroatoms. The number of Topliss-reactive ketones (excluding diaryl/α,β-unsaturated/α-hetero) is 1. The summed E-state index contributed by atoms with van der Waals surface area (Å²) in [6.45, 7) is 0. The van der Waals surface area contributed by atoms with Gasteiger partial charge >= 0.3 is 5.97 Å². The van der Waals surface area contributed by atoms with E-state index in [1.54, 1.807) is 12.1 Å². The largest absolute Gasteiger partial charge is 0.481 e. The van der Waals surface area contributed by atoms with E-state index in [9.17, 15) is 9.59 Å². The maximum Gasteiger partial charge on any atom is 0.307 e. The molecular formula is C18H16O3. The van der Waals surface area contributed by atoms with Crippen LogP contribution in [0.4, 0.5) is 0 Å². The van der Waals surface area contributed by atoms with E-state index in [1.165, 1.54) is 0 Å². The molecule has 0 amide bonds. The lowest BCUT2D eigenvalue weighted by molar-refractivity contribution is -0.138. The molecule has 1 aliphatic carbocycles. The van der Waals surface area contributed by atoms with Crippen LogP contribution in [0.1, 0.15) is 33.8 Å². The number of rotatable bonds is 5. The molecule has 21 heavy (non-hydrogen) atoms. The number of hydrogen-bond donors (Lipinski definition) is 1. The second kappa shape index (κ2) is 5.52. The fraction of sp³-hybridized carbons (Fsp3) is 0.222. The highest BCUT2D eigenvalue weighted by atomic mass is 16.4. The van der Waals surface area contributed by atoms with Gasteiger partial charge in [-0.25, -0.2) is 0 Å². The van der Waals surface area contributed by atoms with Crippen LogP contribution in [0.25, 0.3) is 0 Å². The molecule has 2 aromatic rings. The van der Waals surface area contributed by atoms with Crippen molar-refractivity contribution in [2.24, 2.45) is 5.92 Å². The maximum absolute atomic E-state index is 12.2. The molecule has 3 rings (SSSR count). The van der Waals surface area contributed by atoms with Crippen LogP contribution >= 0.6 is 0 Å². The summed E-state index contributed by atoms with van der Waals surface area (Å²) in [6.07, 6.45) is 1.09. The monoisotopic (exact) mass is 280 g/mol. The minimum absolute atomic E-state index is 0.0818. The lowest BCUT2D eigenvalue weighted by Gasteiger charge is -2.03. The molecule has 0 heterocycles. The molecule has 0 saturated heterocycles. The van der Waals surface area contributed by atoms with Crippen molar-refractivity contribution >= 4 is 11.8 Å². The first-order valence-electron chi connectivity index (χ1n) is 7.05. The van der Waals surface area contributed by atoms with Gasteiger partial charge in [-0.1, -0.05) is 54.6 Å². The SMILES string of the molecule is O=C(Cc1ccccc1)c1ccc([C@@H]2C[C@H]2C(=O)O)cc1. The van der Waals surface area contributed by atoms with Gasteiger partial charge in [-0.15, -0.1) is 0 Å². The van der Waals surface area contributed by atoms with Crippen molar-refractivity contribution in [1.29, 1.82) is 0 Å². The predicted molar refractivity (Wildman–Crippen MR) is 79.4 cm³/mol. The number of carboxylic acids is 1.